The number of hydrogen-bond acceptors (Lipinski definition) is 2. The smallest absolute Gasteiger partial charge is 0.197 e. The second kappa shape index (κ2) is 7.81. The second-order valence-electron chi connectivity index (χ2n) is 7.69. The van der Waals surface area contributed by atoms with Crippen molar-refractivity contribution in [1.82, 2.24) is 0 Å². The average molecular weight is 392 g/mol. The summed E-state index contributed by atoms with van der Waals surface area (Å²) in [6.07, 6.45) is 0.594. The van der Waals surface area contributed by atoms with Crippen molar-refractivity contribution < 1.29 is 9.84 Å². The van der Waals surface area contributed by atoms with Gasteiger partial charge in [-0.05, 0) is 39.8 Å². The van der Waals surface area contributed by atoms with Crippen molar-refractivity contribution in [2.45, 2.75) is 26.1 Å². The zero-order valence-electron chi connectivity index (χ0n) is 17.0. The first-order chi connectivity index (χ1) is 14.8. The van der Waals surface area contributed by atoms with Gasteiger partial charge in [-0.25, -0.2) is 0 Å². The first kappa shape index (κ1) is 18.7. The molecule has 30 heavy (non-hydrogen) atoms. The monoisotopic (exact) mass is 392 g/mol. The molecule has 0 bridgehead atoms. The largest absolute Gasteiger partial charge is 0.464 e. The normalized spacial score (nSPS) is 12.9. The lowest BCUT2D eigenvalue weighted by molar-refractivity contribution is -0.0183. The van der Waals surface area contributed by atoms with Crippen LogP contribution in [0.15, 0.2) is 91.0 Å². The lowest BCUT2D eigenvalue weighted by Gasteiger charge is -2.20. The molecule has 1 aliphatic rings. The molecule has 0 saturated heterocycles. The summed E-state index contributed by atoms with van der Waals surface area (Å²) in [6, 6.07) is 31.6. The molecular formula is C28H24O2. The van der Waals surface area contributed by atoms with Crippen LogP contribution in [0, 0.1) is 0 Å². The lowest BCUT2D eigenvalue weighted by atomic mass is 9.92. The Bertz CT molecular complexity index is 1190. The number of hydrogen-bond donors (Lipinski definition) is 1. The molecule has 0 aliphatic heterocycles. The van der Waals surface area contributed by atoms with Crippen LogP contribution in [-0.4, -0.2) is 11.4 Å². The van der Waals surface area contributed by atoms with Gasteiger partial charge in [0.15, 0.2) is 6.29 Å². The fraction of sp³-hybridized carbons (Fsp3) is 0.143. The molecule has 1 unspecified atom stereocenters. The molecule has 1 aliphatic carbocycles. The van der Waals surface area contributed by atoms with E-state index >= 15 is 0 Å². The Balaban J connectivity index is 1.71. The molecule has 5 rings (SSSR count). The number of fused-ring (bicyclic) bond motifs is 3. The van der Waals surface area contributed by atoms with Gasteiger partial charge >= 0.3 is 0 Å². The molecule has 0 saturated carbocycles. The summed E-state index contributed by atoms with van der Waals surface area (Å²) in [5.41, 5.74) is 9.53. The first-order valence-electron chi connectivity index (χ1n) is 10.5. The second-order valence-corrected chi connectivity index (χ2v) is 7.69. The van der Waals surface area contributed by atoms with E-state index in [2.05, 4.69) is 72.8 Å². The van der Waals surface area contributed by atoms with Crippen molar-refractivity contribution in [3.8, 4) is 39.1 Å². The summed E-state index contributed by atoms with van der Waals surface area (Å²) in [7, 11) is 0. The van der Waals surface area contributed by atoms with E-state index in [4.69, 9.17) is 4.74 Å². The fourth-order valence-electron chi connectivity index (χ4n) is 4.35. The number of ether oxygens (including phenoxy) is 1. The van der Waals surface area contributed by atoms with Crippen LogP contribution in [0.5, 0.6) is 5.75 Å². The first-order valence-corrected chi connectivity index (χ1v) is 10.5. The van der Waals surface area contributed by atoms with Crippen LogP contribution in [0.1, 0.15) is 24.5 Å². The molecule has 0 radical (unpaired) electrons. The van der Waals surface area contributed by atoms with Crippen molar-refractivity contribution in [2.75, 3.05) is 0 Å². The topological polar surface area (TPSA) is 29.5 Å². The Morgan fingerprint density at radius 3 is 2.07 bits per heavy atom. The number of aliphatic hydroxyl groups is 1. The van der Waals surface area contributed by atoms with Crippen molar-refractivity contribution in [3.05, 3.63) is 102 Å². The summed E-state index contributed by atoms with van der Waals surface area (Å²) < 4.78 is 6.13. The lowest BCUT2D eigenvalue weighted by Crippen LogP contribution is -2.15. The van der Waals surface area contributed by atoms with Crippen LogP contribution in [-0.2, 0) is 6.42 Å². The van der Waals surface area contributed by atoms with Gasteiger partial charge in [-0.15, -0.1) is 0 Å². The maximum absolute atomic E-state index is 10.4. The van der Waals surface area contributed by atoms with Gasteiger partial charge < -0.3 is 9.84 Å². The van der Waals surface area contributed by atoms with E-state index in [0.717, 1.165) is 28.9 Å². The van der Waals surface area contributed by atoms with Gasteiger partial charge in [-0.3, -0.25) is 0 Å². The van der Waals surface area contributed by atoms with E-state index in [0.29, 0.717) is 6.42 Å². The van der Waals surface area contributed by atoms with Gasteiger partial charge in [-0.1, -0.05) is 97.9 Å². The highest BCUT2D eigenvalue weighted by Gasteiger charge is 2.24. The van der Waals surface area contributed by atoms with E-state index in [1.807, 2.05) is 25.1 Å². The van der Waals surface area contributed by atoms with Gasteiger partial charge in [0.2, 0.25) is 0 Å². The molecule has 2 nitrogen and oxygen atoms in total. The Labute approximate surface area is 177 Å². The highest BCUT2D eigenvalue weighted by atomic mass is 16.6. The SMILES string of the molecule is CCC(O)Oc1c(-c2ccccc2)cccc1-c1cccc2c1Cc1ccccc1-2. The van der Waals surface area contributed by atoms with Crippen LogP contribution in [0.2, 0.25) is 0 Å². The zero-order chi connectivity index (χ0) is 20.5. The number of aliphatic hydroxyl groups excluding tert-OH is 1. The standard InChI is InChI=1S/C28H24O2/c1-2-27(29)30-28-22(19-10-4-3-5-11-19)14-8-17-25(28)24-16-9-15-23-21-13-7-6-12-20(21)18-26(23)24/h3-17,27,29H,2,18H2,1H3. The van der Waals surface area contributed by atoms with E-state index in [1.54, 1.807) is 0 Å². The summed E-state index contributed by atoms with van der Waals surface area (Å²) in [5, 5.41) is 10.4. The molecule has 148 valence electrons. The molecule has 4 aromatic rings. The minimum absolute atomic E-state index is 0.529. The predicted molar refractivity (Wildman–Crippen MR) is 122 cm³/mol. The Hall–Kier alpha value is -3.36. The van der Waals surface area contributed by atoms with Crippen molar-refractivity contribution in [3.63, 3.8) is 0 Å². The third-order valence-corrected chi connectivity index (χ3v) is 5.84. The van der Waals surface area contributed by atoms with Crippen molar-refractivity contribution in [1.29, 1.82) is 0 Å². The minimum atomic E-state index is -0.845. The summed E-state index contributed by atoms with van der Waals surface area (Å²) in [5.74, 6) is 0.738. The molecule has 0 spiro atoms. The quantitative estimate of drug-likeness (QED) is 0.337. The molecule has 0 fully saturated rings. The highest BCUT2D eigenvalue weighted by molar-refractivity contribution is 5.89. The molecular weight excluding hydrogens is 368 g/mol. The third-order valence-electron chi connectivity index (χ3n) is 5.84. The third kappa shape index (κ3) is 3.20. The Kier molecular flexibility index (Phi) is 4.86. The van der Waals surface area contributed by atoms with Gasteiger partial charge in [-0.2, -0.15) is 0 Å². The van der Waals surface area contributed by atoms with Gasteiger partial charge in [0.25, 0.3) is 0 Å². The van der Waals surface area contributed by atoms with E-state index in [1.165, 1.54) is 27.8 Å². The van der Waals surface area contributed by atoms with Crippen LogP contribution in [0.4, 0.5) is 0 Å². The molecule has 1 atom stereocenters. The van der Waals surface area contributed by atoms with Gasteiger partial charge in [0.1, 0.15) is 5.75 Å². The van der Waals surface area contributed by atoms with Crippen molar-refractivity contribution in [2.24, 2.45) is 0 Å². The predicted octanol–water partition coefficient (Wildman–Crippen LogP) is 6.70. The van der Waals surface area contributed by atoms with E-state index in [-0.39, 0.29) is 0 Å². The van der Waals surface area contributed by atoms with E-state index in [9.17, 15) is 5.11 Å². The van der Waals surface area contributed by atoms with Crippen LogP contribution >= 0.6 is 0 Å². The van der Waals surface area contributed by atoms with Crippen LogP contribution in [0.3, 0.4) is 0 Å². The molecule has 0 amide bonds. The molecule has 1 N–H and O–H groups in total. The molecule has 0 aromatic heterocycles. The van der Waals surface area contributed by atoms with E-state index < -0.39 is 6.29 Å². The van der Waals surface area contributed by atoms with Gasteiger partial charge in [0, 0.05) is 17.5 Å². The van der Waals surface area contributed by atoms with Crippen LogP contribution < -0.4 is 4.74 Å². The Morgan fingerprint density at radius 1 is 0.700 bits per heavy atom. The summed E-state index contributed by atoms with van der Waals surface area (Å²) in [4.78, 5) is 0. The van der Waals surface area contributed by atoms with Crippen molar-refractivity contribution >= 4 is 0 Å². The maximum Gasteiger partial charge on any atom is 0.197 e. The van der Waals surface area contributed by atoms with Gasteiger partial charge in [0.05, 0.1) is 0 Å². The van der Waals surface area contributed by atoms with Crippen LogP contribution in [0.25, 0.3) is 33.4 Å². The average Bonchev–Trinajstić information content (AvgIpc) is 3.19. The molecule has 2 heteroatoms. The number of benzene rings is 4. The summed E-state index contributed by atoms with van der Waals surface area (Å²) in [6.45, 7) is 1.92. The zero-order valence-corrected chi connectivity index (χ0v) is 17.0. The molecule has 0 heterocycles. The number of para-hydroxylation sites is 1. The maximum atomic E-state index is 10.4. The minimum Gasteiger partial charge on any atom is -0.464 e. The molecule has 4 aromatic carbocycles. The number of rotatable bonds is 5. The Morgan fingerprint density at radius 2 is 1.30 bits per heavy atom. The summed E-state index contributed by atoms with van der Waals surface area (Å²) >= 11 is 0. The highest BCUT2D eigenvalue weighted by Crippen LogP contribution is 2.46. The fourth-order valence-corrected chi connectivity index (χ4v) is 4.35.